The van der Waals surface area contributed by atoms with E-state index >= 15 is 0 Å². The number of fused-ring (bicyclic) bond motifs is 1. The van der Waals surface area contributed by atoms with Gasteiger partial charge in [0.15, 0.2) is 0 Å². The van der Waals surface area contributed by atoms with E-state index < -0.39 is 90.0 Å². The first-order valence-electron chi connectivity index (χ1n) is 12.9. The molecule has 42 heavy (non-hydrogen) atoms. The van der Waals surface area contributed by atoms with Gasteiger partial charge in [0.05, 0.1) is 17.7 Å². The zero-order valence-corrected chi connectivity index (χ0v) is 23.6. The molecule has 1 fully saturated rings. The number of likely N-dealkylation sites (tertiary alicyclic amines) is 1. The van der Waals surface area contributed by atoms with Crippen LogP contribution in [0.1, 0.15) is 36.2 Å². The number of carbonyl (C=O) groups is 6. The van der Waals surface area contributed by atoms with Gasteiger partial charge in [0.25, 0.3) is 0 Å². The summed E-state index contributed by atoms with van der Waals surface area (Å²) < 4.78 is 5.24. The minimum Gasteiger partial charge on any atom is -0.508 e. The fourth-order valence-corrected chi connectivity index (χ4v) is 5.46. The largest absolute Gasteiger partial charge is 0.508 e. The number of rotatable bonds is 6. The van der Waals surface area contributed by atoms with Gasteiger partial charge in [0, 0.05) is 29.7 Å². The molecule has 6 atom stereocenters. The zero-order chi connectivity index (χ0) is 31.3. The number of aliphatic hydroxyl groups excluding tert-OH is 1. The van der Waals surface area contributed by atoms with Gasteiger partial charge in [-0.15, -0.1) is 0 Å². The molecule has 17 heteroatoms. The Balaban J connectivity index is 1.93. The van der Waals surface area contributed by atoms with Crippen LogP contribution in [0.25, 0.3) is 0 Å². The molecule has 4 amide bonds. The number of benzene rings is 1. The van der Waals surface area contributed by atoms with Crippen molar-refractivity contribution < 1.29 is 53.9 Å². The van der Waals surface area contributed by atoms with Crippen LogP contribution in [0.15, 0.2) is 12.1 Å². The zero-order valence-electron chi connectivity index (χ0n) is 22.7. The summed E-state index contributed by atoms with van der Waals surface area (Å²) in [5.74, 6) is -6.88. The summed E-state index contributed by atoms with van der Waals surface area (Å²) in [6.45, 7) is 1.86. The first kappa shape index (κ1) is 32.4. The van der Waals surface area contributed by atoms with Crippen LogP contribution in [0.3, 0.4) is 0 Å². The first-order chi connectivity index (χ1) is 19.7. The number of thioether (sulfide) groups is 1. The third-order valence-electron chi connectivity index (χ3n) is 6.65. The summed E-state index contributed by atoms with van der Waals surface area (Å²) in [5, 5.41) is 46.9. The second-order valence-electron chi connectivity index (χ2n) is 9.92. The van der Waals surface area contributed by atoms with E-state index in [0.29, 0.717) is 0 Å². The molecule has 9 N–H and O–H groups in total. The van der Waals surface area contributed by atoms with Crippen LogP contribution in [0.2, 0.25) is 0 Å². The minimum absolute atomic E-state index is 0.0243. The number of aliphatic carboxylic acids is 1. The van der Waals surface area contributed by atoms with Crippen molar-refractivity contribution in [2.45, 2.75) is 62.3 Å². The van der Waals surface area contributed by atoms with Crippen LogP contribution >= 0.6 is 11.8 Å². The van der Waals surface area contributed by atoms with Gasteiger partial charge in [-0.3, -0.25) is 24.0 Å². The van der Waals surface area contributed by atoms with Crippen LogP contribution in [0.5, 0.6) is 11.5 Å². The molecule has 0 unspecified atom stereocenters. The molecule has 230 valence electrons. The van der Waals surface area contributed by atoms with Crippen molar-refractivity contribution in [1.82, 2.24) is 20.9 Å². The molecule has 0 bridgehead atoms. The average Bonchev–Trinajstić information content (AvgIpc) is 3.30. The maximum atomic E-state index is 13.3. The van der Waals surface area contributed by atoms with Gasteiger partial charge in [0.1, 0.15) is 42.3 Å². The average molecular weight is 612 g/mol. The first-order valence-corrected chi connectivity index (χ1v) is 14.0. The second kappa shape index (κ2) is 13.7. The van der Waals surface area contributed by atoms with Crippen molar-refractivity contribution in [2.24, 2.45) is 5.73 Å². The highest BCUT2D eigenvalue weighted by Gasteiger charge is 2.43. The van der Waals surface area contributed by atoms with Gasteiger partial charge >= 0.3 is 11.9 Å². The molecule has 1 aromatic carbocycles. The van der Waals surface area contributed by atoms with Gasteiger partial charge in [0.2, 0.25) is 23.6 Å². The topological polar surface area (TPSA) is 258 Å². The number of phenolic OH excluding ortho intramolecular Hbond substituents is 2. The van der Waals surface area contributed by atoms with E-state index in [0.717, 1.165) is 28.8 Å². The fourth-order valence-electron chi connectivity index (χ4n) is 4.36. The van der Waals surface area contributed by atoms with E-state index in [9.17, 15) is 49.2 Å². The predicted molar refractivity (Wildman–Crippen MR) is 145 cm³/mol. The molecule has 1 saturated heterocycles. The number of esters is 1. The summed E-state index contributed by atoms with van der Waals surface area (Å²) in [5.41, 5.74) is 5.49. The molecule has 16 nitrogen and oxygen atoms in total. The number of hydrogen-bond donors (Lipinski definition) is 8. The third kappa shape index (κ3) is 7.59. The number of nitrogens with one attached hydrogen (secondary N) is 3. The molecule has 3 rings (SSSR count). The van der Waals surface area contributed by atoms with Crippen LogP contribution < -0.4 is 21.7 Å². The van der Waals surface area contributed by atoms with E-state index in [1.165, 1.54) is 13.8 Å². The standard InChI is InChI=1S/C25H33N5O11S/c1-10(26)23(37)30-4-3-17(32)19(30)22(36)28-15-7-41-25(40)13-5-12(31)6-18(33)14(13)8-42-9-16(29-20(15)34)21(35)27-11(2)24(38)39/h5-6,10-11,15-17,19,31-33H,3-4,7-9,26H2,1-2H3,(H,27,35)(H,28,36)(H,29,34)(H,38,39)/t10-,11-,15-,16-,17-,19-/m0/s1. The van der Waals surface area contributed by atoms with Crippen molar-refractivity contribution in [3.63, 3.8) is 0 Å². The molecular formula is C25H33N5O11S. The normalized spacial score (nSPS) is 24.5. The maximum absolute atomic E-state index is 13.3. The van der Waals surface area contributed by atoms with Crippen molar-refractivity contribution in [2.75, 3.05) is 18.9 Å². The van der Waals surface area contributed by atoms with Gasteiger partial charge in [-0.25, -0.2) is 4.79 Å². The summed E-state index contributed by atoms with van der Waals surface area (Å²) in [4.78, 5) is 77.2. The maximum Gasteiger partial charge on any atom is 0.338 e. The SMILES string of the molecule is C[C@H](N)C(=O)N1CC[C@H](O)[C@H]1C(=O)N[C@H]1COC(=O)c2cc(O)cc(O)c2CSC[C@@H](C(=O)N[C@@H](C)C(=O)O)NC1=O. The summed E-state index contributed by atoms with van der Waals surface area (Å²) >= 11 is 1.000. The van der Waals surface area contributed by atoms with Crippen molar-refractivity contribution in [1.29, 1.82) is 0 Å². The number of cyclic esters (lactones) is 1. The molecule has 0 aromatic heterocycles. The lowest BCUT2D eigenvalue weighted by Gasteiger charge is -2.29. The van der Waals surface area contributed by atoms with Gasteiger partial charge in [-0.1, -0.05) is 0 Å². The molecule has 0 radical (unpaired) electrons. The highest BCUT2D eigenvalue weighted by molar-refractivity contribution is 7.98. The van der Waals surface area contributed by atoms with Gasteiger partial charge < -0.3 is 51.7 Å². The quantitative estimate of drug-likeness (QED) is 0.153. The number of carboxylic acid groups (broad SMARTS) is 1. The Bertz CT molecular complexity index is 1260. The van der Waals surface area contributed by atoms with Crippen molar-refractivity contribution in [3.05, 3.63) is 23.3 Å². The highest BCUT2D eigenvalue weighted by atomic mass is 32.2. The number of nitrogens with two attached hydrogens (primary N) is 1. The van der Waals surface area contributed by atoms with E-state index in [-0.39, 0.29) is 35.6 Å². The molecule has 2 heterocycles. The Morgan fingerprint density at radius 2 is 1.86 bits per heavy atom. The minimum atomic E-state index is -1.65. The predicted octanol–water partition coefficient (Wildman–Crippen LogP) is -2.63. The molecule has 2 aliphatic rings. The van der Waals surface area contributed by atoms with Crippen LogP contribution in [-0.2, 0) is 34.5 Å². The van der Waals surface area contributed by atoms with Crippen LogP contribution in [0.4, 0.5) is 0 Å². The highest BCUT2D eigenvalue weighted by Crippen LogP contribution is 2.31. The lowest BCUT2D eigenvalue weighted by Crippen LogP contribution is -2.60. The number of aromatic hydroxyl groups is 2. The van der Waals surface area contributed by atoms with Crippen LogP contribution in [0, 0.1) is 0 Å². The summed E-state index contributed by atoms with van der Waals surface area (Å²) in [7, 11) is 0. The summed E-state index contributed by atoms with van der Waals surface area (Å²) in [6, 6.07) is -4.63. The van der Waals surface area contributed by atoms with Gasteiger partial charge in [-0.05, 0) is 26.3 Å². The molecule has 0 aliphatic carbocycles. The number of hydrogen-bond acceptors (Lipinski definition) is 12. The Kier molecular flexibility index (Phi) is 10.6. The van der Waals surface area contributed by atoms with E-state index in [4.69, 9.17) is 10.5 Å². The van der Waals surface area contributed by atoms with E-state index in [2.05, 4.69) is 16.0 Å². The smallest absolute Gasteiger partial charge is 0.338 e. The molecule has 1 aromatic rings. The Hall–Kier alpha value is -4.09. The van der Waals surface area contributed by atoms with E-state index in [1.807, 2.05) is 0 Å². The third-order valence-corrected chi connectivity index (χ3v) is 7.71. The molecular weight excluding hydrogens is 578 g/mol. The Labute approximate surface area is 243 Å². The lowest BCUT2D eigenvalue weighted by molar-refractivity contribution is -0.142. The number of ether oxygens (including phenoxy) is 1. The molecule has 0 spiro atoms. The number of aliphatic hydroxyl groups is 1. The van der Waals surface area contributed by atoms with E-state index in [1.54, 1.807) is 0 Å². The van der Waals surface area contributed by atoms with Gasteiger partial charge in [-0.2, -0.15) is 11.8 Å². The lowest BCUT2D eigenvalue weighted by atomic mass is 10.1. The number of nitrogens with zero attached hydrogens (tertiary/aromatic N) is 1. The van der Waals surface area contributed by atoms with Crippen LogP contribution in [-0.4, -0.2) is 116 Å². The summed E-state index contributed by atoms with van der Waals surface area (Å²) in [6.07, 6.45) is -1.22. The number of amides is 4. The fraction of sp³-hybridized carbons (Fsp3) is 0.520. The van der Waals surface area contributed by atoms with Crippen molar-refractivity contribution in [3.8, 4) is 11.5 Å². The Morgan fingerprint density at radius 3 is 2.50 bits per heavy atom. The molecule has 2 aliphatic heterocycles. The number of phenols is 2. The molecule has 0 saturated carbocycles. The Morgan fingerprint density at radius 1 is 1.17 bits per heavy atom. The van der Waals surface area contributed by atoms with Crippen molar-refractivity contribution >= 4 is 47.3 Å². The number of carbonyl (C=O) groups excluding carboxylic acids is 5. The number of carboxylic acids is 1. The monoisotopic (exact) mass is 611 g/mol. The second-order valence-corrected chi connectivity index (χ2v) is 10.9.